The summed E-state index contributed by atoms with van der Waals surface area (Å²) in [6, 6.07) is 12.7. The molecule has 212 valence electrons. The van der Waals surface area contributed by atoms with Gasteiger partial charge in [0.15, 0.2) is 15.6 Å². The number of ether oxygens (including phenoxy) is 2. The minimum atomic E-state index is -4.52. The number of benzene rings is 2. The maximum absolute atomic E-state index is 13.7. The summed E-state index contributed by atoms with van der Waals surface area (Å²) >= 11 is 0. The Morgan fingerprint density at radius 2 is 1.72 bits per heavy atom. The van der Waals surface area contributed by atoms with Crippen LogP contribution in [-0.4, -0.2) is 56.8 Å². The van der Waals surface area contributed by atoms with E-state index in [9.17, 15) is 26.4 Å². The van der Waals surface area contributed by atoms with Crippen molar-refractivity contribution >= 4 is 15.7 Å². The number of carbonyl (C=O) groups is 1. The van der Waals surface area contributed by atoms with Crippen molar-refractivity contribution in [2.24, 2.45) is 17.6 Å². The van der Waals surface area contributed by atoms with Crippen LogP contribution in [0, 0.1) is 11.8 Å². The molecule has 0 spiro atoms. The SMILES string of the molecule is N[C@@H]1CC[C@H](N2CC[C@H](CC3(c4cccc(C(F)(F)F)c4)OCCO3)C2=O)[C@H](CS(=O)(=O)c2ccccc2)C1. The molecule has 1 amide bonds. The van der Waals surface area contributed by atoms with Gasteiger partial charge in [0, 0.05) is 36.5 Å². The maximum Gasteiger partial charge on any atom is 0.416 e. The molecule has 0 radical (unpaired) electrons. The normalized spacial score (nSPS) is 27.7. The smallest absolute Gasteiger partial charge is 0.343 e. The molecule has 2 aromatic rings. The van der Waals surface area contributed by atoms with Gasteiger partial charge in [-0.05, 0) is 55.9 Å². The van der Waals surface area contributed by atoms with Gasteiger partial charge in [0.2, 0.25) is 5.91 Å². The molecule has 3 fully saturated rings. The Bertz CT molecular complexity index is 1280. The first-order valence-electron chi connectivity index (χ1n) is 13.3. The number of carbonyl (C=O) groups excluding carboxylic acids is 1. The van der Waals surface area contributed by atoms with Crippen LogP contribution in [0.25, 0.3) is 0 Å². The molecular weight excluding hydrogens is 533 g/mol. The molecule has 4 atom stereocenters. The molecule has 39 heavy (non-hydrogen) atoms. The average molecular weight is 567 g/mol. The number of hydrogen-bond donors (Lipinski definition) is 1. The second kappa shape index (κ2) is 10.8. The van der Waals surface area contributed by atoms with Crippen LogP contribution >= 0.6 is 0 Å². The molecule has 1 aliphatic carbocycles. The minimum absolute atomic E-state index is 0.0862. The van der Waals surface area contributed by atoms with Crippen molar-refractivity contribution < 1.29 is 35.9 Å². The summed E-state index contributed by atoms with van der Waals surface area (Å²) in [6.45, 7) is 0.853. The number of halogens is 3. The lowest BCUT2D eigenvalue weighted by atomic mass is 9.82. The van der Waals surface area contributed by atoms with Crippen LogP contribution in [0.3, 0.4) is 0 Å². The van der Waals surface area contributed by atoms with Gasteiger partial charge in [0.05, 0.1) is 29.4 Å². The van der Waals surface area contributed by atoms with Crippen LogP contribution in [-0.2, 0) is 36.1 Å². The monoisotopic (exact) mass is 566 g/mol. The fourth-order valence-electron chi connectivity index (χ4n) is 6.28. The zero-order valence-corrected chi connectivity index (χ0v) is 22.3. The van der Waals surface area contributed by atoms with Crippen LogP contribution in [0.1, 0.15) is 43.2 Å². The van der Waals surface area contributed by atoms with Crippen molar-refractivity contribution in [3.05, 3.63) is 65.7 Å². The Kier molecular flexibility index (Phi) is 7.80. The van der Waals surface area contributed by atoms with Gasteiger partial charge in [-0.15, -0.1) is 0 Å². The molecular formula is C28H33F3N2O5S. The van der Waals surface area contributed by atoms with Crippen LogP contribution in [0.4, 0.5) is 13.2 Å². The van der Waals surface area contributed by atoms with Crippen LogP contribution < -0.4 is 5.73 Å². The predicted octanol–water partition coefficient (Wildman–Crippen LogP) is 4.11. The van der Waals surface area contributed by atoms with E-state index < -0.39 is 33.3 Å². The Morgan fingerprint density at radius 1 is 1.00 bits per heavy atom. The number of nitrogens with two attached hydrogens (primary N) is 1. The lowest BCUT2D eigenvalue weighted by Gasteiger charge is -2.40. The number of hydrogen-bond acceptors (Lipinski definition) is 6. The molecule has 7 nitrogen and oxygen atoms in total. The number of nitrogens with zero attached hydrogens (tertiary/aromatic N) is 1. The van der Waals surface area contributed by atoms with Gasteiger partial charge in [-0.3, -0.25) is 4.79 Å². The third-order valence-electron chi connectivity index (χ3n) is 8.17. The molecule has 2 heterocycles. The molecule has 0 unspecified atom stereocenters. The van der Waals surface area contributed by atoms with E-state index in [1.165, 1.54) is 12.1 Å². The Balaban J connectivity index is 1.35. The van der Waals surface area contributed by atoms with E-state index in [2.05, 4.69) is 0 Å². The first-order chi connectivity index (χ1) is 18.5. The molecule has 2 N–H and O–H groups in total. The van der Waals surface area contributed by atoms with E-state index in [1.54, 1.807) is 35.2 Å². The number of likely N-dealkylation sites (tertiary alicyclic amines) is 1. The van der Waals surface area contributed by atoms with E-state index in [0.29, 0.717) is 32.2 Å². The van der Waals surface area contributed by atoms with Gasteiger partial charge in [-0.25, -0.2) is 8.42 Å². The molecule has 1 saturated carbocycles. The molecule has 11 heteroatoms. The maximum atomic E-state index is 13.7. The van der Waals surface area contributed by atoms with Gasteiger partial charge in [0.25, 0.3) is 0 Å². The van der Waals surface area contributed by atoms with Crippen molar-refractivity contribution in [3.63, 3.8) is 0 Å². The predicted molar refractivity (Wildman–Crippen MR) is 137 cm³/mol. The highest BCUT2D eigenvalue weighted by atomic mass is 32.2. The number of rotatable bonds is 7. The summed E-state index contributed by atoms with van der Waals surface area (Å²) in [6.07, 6.45) is -2.18. The van der Waals surface area contributed by atoms with Gasteiger partial charge >= 0.3 is 6.18 Å². The van der Waals surface area contributed by atoms with E-state index in [-0.39, 0.29) is 59.8 Å². The van der Waals surface area contributed by atoms with Gasteiger partial charge in [-0.2, -0.15) is 13.2 Å². The summed E-state index contributed by atoms with van der Waals surface area (Å²) in [4.78, 5) is 15.7. The summed E-state index contributed by atoms with van der Waals surface area (Å²) < 4.78 is 78.3. The lowest BCUT2D eigenvalue weighted by molar-refractivity contribution is -0.182. The molecule has 2 saturated heterocycles. The highest BCUT2D eigenvalue weighted by Crippen LogP contribution is 2.43. The standard InChI is InChI=1S/C28H33F3N2O5S/c29-28(30,31)22-6-4-5-21(16-22)27(37-13-14-38-27)17-19-11-12-33(26(19)34)25-10-9-23(32)15-20(25)18-39(35,36)24-7-2-1-3-8-24/h1-8,16,19-20,23,25H,9-15,17-18,32H2/t19-,20+,23-,25+/m1/s1. The van der Waals surface area contributed by atoms with Gasteiger partial charge < -0.3 is 20.1 Å². The van der Waals surface area contributed by atoms with E-state index in [0.717, 1.165) is 12.1 Å². The van der Waals surface area contributed by atoms with E-state index in [1.807, 2.05) is 0 Å². The lowest BCUT2D eigenvalue weighted by Crippen LogP contribution is -2.50. The average Bonchev–Trinajstić information content (AvgIpc) is 3.52. The number of amides is 1. The largest absolute Gasteiger partial charge is 0.416 e. The fraction of sp³-hybridized carbons (Fsp3) is 0.536. The minimum Gasteiger partial charge on any atom is -0.343 e. The topological polar surface area (TPSA) is 98.9 Å². The first-order valence-corrected chi connectivity index (χ1v) is 14.9. The van der Waals surface area contributed by atoms with Crippen molar-refractivity contribution in [1.29, 1.82) is 0 Å². The van der Waals surface area contributed by atoms with E-state index >= 15 is 0 Å². The Hall–Kier alpha value is -2.47. The van der Waals surface area contributed by atoms with Crippen molar-refractivity contribution in [1.82, 2.24) is 4.90 Å². The quantitative estimate of drug-likeness (QED) is 0.542. The zero-order valence-electron chi connectivity index (χ0n) is 21.5. The molecule has 5 rings (SSSR count). The number of sulfone groups is 1. The van der Waals surface area contributed by atoms with E-state index in [4.69, 9.17) is 15.2 Å². The van der Waals surface area contributed by atoms with Crippen molar-refractivity contribution in [2.75, 3.05) is 25.5 Å². The van der Waals surface area contributed by atoms with Crippen LogP contribution in [0.2, 0.25) is 0 Å². The third kappa shape index (κ3) is 5.86. The summed E-state index contributed by atoms with van der Waals surface area (Å²) in [5.74, 6) is -2.55. The Morgan fingerprint density at radius 3 is 2.41 bits per heavy atom. The summed E-state index contributed by atoms with van der Waals surface area (Å²) in [7, 11) is -3.58. The van der Waals surface area contributed by atoms with Crippen molar-refractivity contribution in [2.45, 2.75) is 61.0 Å². The molecule has 0 bridgehead atoms. The first kappa shape index (κ1) is 28.1. The molecule has 3 aliphatic rings. The van der Waals surface area contributed by atoms with Crippen LogP contribution in [0.5, 0.6) is 0 Å². The summed E-state index contributed by atoms with van der Waals surface area (Å²) in [5, 5.41) is 0. The zero-order chi connectivity index (χ0) is 27.8. The molecule has 0 aromatic heterocycles. The molecule has 2 aliphatic heterocycles. The third-order valence-corrected chi connectivity index (χ3v) is 10.0. The fourth-order valence-corrected chi connectivity index (χ4v) is 7.96. The second-order valence-corrected chi connectivity index (χ2v) is 12.8. The Labute approximate surface area is 226 Å². The summed E-state index contributed by atoms with van der Waals surface area (Å²) in [5.41, 5.74) is 5.65. The highest BCUT2D eigenvalue weighted by molar-refractivity contribution is 7.91. The van der Waals surface area contributed by atoms with Gasteiger partial charge in [-0.1, -0.05) is 30.3 Å². The highest BCUT2D eigenvalue weighted by Gasteiger charge is 2.48. The molecule has 2 aromatic carbocycles. The second-order valence-electron chi connectivity index (χ2n) is 10.7. The van der Waals surface area contributed by atoms with Crippen LogP contribution in [0.15, 0.2) is 59.5 Å². The van der Waals surface area contributed by atoms with Gasteiger partial charge in [0.1, 0.15) is 0 Å². The number of alkyl halides is 3. The van der Waals surface area contributed by atoms with Crippen molar-refractivity contribution in [3.8, 4) is 0 Å².